The number of hydrogen-bond acceptors (Lipinski definition) is 6. The molecule has 2 heterocycles. The molecule has 0 bridgehead atoms. The van der Waals surface area contributed by atoms with Crippen molar-refractivity contribution in [3.8, 4) is 11.1 Å². The van der Waals surface area contributed by atoms with Crippen LogP contribution in [0.5, 0.6) is 0 Å². The lowest BCUT2D eigenvalue weighted by atomic mass is 10.0. The second-order valence-electron chi connectivity index (χ2n) is 10.2. The first-order valence-electron chi connectivity index (χ1n) is 13.4. The summed E-state index contributed by atoms with van der Waals surface area (Å²) in [5.74, 6) is 1.86. The fraction of sp³-hybridized carbons (Fsp3) is 0.355. The van der Waals surface area contributed by atoms with Gasteiger partial charge in [-0.2, -0.15) is 0 Å². The van der Waals surface area contributed by atoms with Crippen LogP contribution in [0.2, 0.25) is 0 Å². The average Bonchev–Trinajstić information content (AvgIpc) is 2.93. The average molecular weight is 495 g/mol. The molecule has 0 amide bonds. The number of rotatable bonds is 10. The van der Waals surface area contributed by atoms with Crippen molar-refractivity contribution in [2.75, 3.05) is 58.7 Å². The van der Waals surface area contributed by atoms with Gasteiger partial charge in [-0.3, -0.25) is 9.80 Å². The standard InChI is InChI=1S/C31H38N6/c1-35(2)18-8-17-32-31-28-11-6-7-12-29(28)33-30(34-31)24-37-21-19-36(20-22-37)23-25-13-15-27(16-14-25)26-9-4-3-5-10-26/h3-7,9-16H,8,17-24H2,1-2H3,(H,32,33,34). The van der Waals surface area contributed by atoms with Crippen molar-refractivity contribution in [3.05, 3.63) is 90.3 Å². The summed E-state index contributed by atoms with van der Waals surface area (Å²) in [6.45, 7) is 7.93. The number of anilines is 1. The van der Waals surface area contributed by atoms with Crippen molar-refractivity contribution in [2.24, 2.45) is 0 Å². The van der Waals surface area contributed by atoms with Gasteiger partial charge in [-0.1, -0.05) is 66.7 Å². The first-order valence-corrected chi connectivity index (χ1v) is 13.4. The zero-order valence-electron chi connectivity index (χ0n) is 22.1. The van der Waals surface area contributed by atoms with Gasteiger partial charge in [0.15, 0.2) is 0 Å². The third-order valence-corrected chi connectivity index (χ3v) is 7.02. The third kappa shape index (κ3) is 6.92. The lowest BCUT2D eigenvalue weighted by molar-refractivity contribution is 0.120. The zero-order valence-corrected chi connectivity index (χ0v) is 22.1. The highest BCUT2D eigenvalue weighted by atomic mass is 15.3. The number of aromatic nitrogens is 2. The molecule has 1 saturated heterocycles. The van der Waals surface area contributed by atoms with Crippen LogP contribution in [0.1, 0.15) is 17.8 Å². The van der Waals surface area contributed by atoms with Crippen molar-refractivity contribution in [1.82, 2.24) is 24.7 Å². The Hall–Kier alpha value is -3.32. The predicted octanol–water partition coefficient (Wildman–Crippen LogP) is 4.98. The summed E-state index contributed by atoms with van der Waals surface area (Å²) < 4.78 is 0. The molecule has 1 aliphatic rings. The molecule has 5 rings (SSSR count). The summed E-state index contributed by atoms with van der Waals surface area (Å²) in [6, 6.07) is 27.9. The van der Waals surface area contributed by atoms with Gasteiger partial charge in [0.05, 0.1) is 12.1 Å². The Balaban J connectivity index is 1.16. The van der Waals surface area contributed by atoms with Crippen LogP contribution < -0.4 is 5.32 Å². The van der Waals surface area contributed by atoms with Crippen LogP contribution in [0.4, 0.5) is 5.82 Å². The van der Waals surface area contributed by atoms with E-state index in [0.29, 0.717) is 0 Å². The number of nitrogens with one attached hydrogen (secondary N) is 1. The Morgan fingerprint density at radius 1 is 0.730 bits per heavy atom. The van der Waals surface area contributed by atoms with Crippen LogP contribution in [-0.2, 0) is 13.1 Å². The summed E-state index contributed by atoms with van der Waals surface area (Å²) in [7, 11) is 4.22. The molecule has 0 aliphatic carbocycles. The Labute approximate surface area is 221 Å². The lowest BCUT2D eigenvalue weighted by Crippen LogP contribution is -2.45. The molecular formula is C31H38N6. The second-order valence-corrected chi connectivity index (χ2v) is 10.2. The van der Waals surface area contributed by atoms with E-state index in [0.717, 1.165) is 81.3 Å². The largest absolute Gasteiger partial charge is 0.369 e. The van der Waals surface area contributed by atoms with Crippen molar-refractivity contribution in [3.63, 3.8) is 0 Å². The van der Waals surface area contributed by atoms with E-state index in [9.17, 15) is 0 Å². The highest BCUT2D eigenvalue weighted by Crippen LogP contribution is 2.22. The maximum Gasteiger partial charge on any atom is 0.145 e. The van der Waals surface area contributed by atoms with Gasteiger partial charge in [0.25, 0.3) is 0 Å². The van der Waals surface area contributed by atoms with E-state index in [-0.39, 0.29) is 0 Å². The van der Waals surface area contributed by atoms with Crippen LogP contribution in [0.25, 0.3) is 22.0 Å². The van der Waals surface area contributed by atoms with E-state index in [2.05, 4.69) is 113 Å². The smallest absolute Gasteiger partial charge is 0.145 e. The van der Waals surface area contributed by atoms with E-state index in [4.69, 9.17) is 9.97 Å². The summed E-state index contributed by atoms with van der Waals surface area (Å²) in [6.07, 6.45) is 1.08. The van der Waals surface area contributed by atoms with Crippen LogP contribution in [-0.4, -0.2) is 78.0 Å². The van der Waals surface area contributed by atoms with Gasteiger partial charge in [0.2, 0.25) is 0 Å². The Morgan fingerprint density at radius 2 is 1.38 bits per heavy atom. The molecule has 1 N–H and O–H groups in total. The van der Waals surface area contributed by atoms with Gasteiger partial charge in [-0.15, -0.1) is 0 Å². The van der Waals surface area contributed by atoms with Gasteiger partial charge >= 0.3 is 0 Å². The summed E-state index contributed by atoms with van der Waals surface area (Å²) in [5.41, 5.74) is 4.93. The molecule has 4 aromatic rings. The van der Waals surface area contributed by atoms with Crippen molar-refractivity contribution >= 4 is 16.7 Å². The number of piperazine rings is 1. The van der Waals surface area contributed by atoms with Crippen molar-refractivity contribution in [1.29, 1.82) is 0 Å². The first-order chi connectivity index (χ1) is 18.1. The molecule has 6 nitrogen and oxygen atoms in total. The molecule has 6 heteroatoms. The minimum Gasteiger partial charge on any atom is -0.369 e. The zero-order chi connectivity index (χ0) is 25.5. The topological polar surface area (TPSA) is 47.5 Å². The normalized spacial score (nSPS) is 14.9. The molecule has 0 radical (unpaired) electrons. The monoisotopic (exact) mass is 494 g/mol. The van der Waals surface area contributed by atoms with Crippen LogP contribution in [0, 0.1) is 0 Å². The number of nitrogens with zero attached hydrogens (tertiary/aromatic N) is 5. The number of fused-ring (bicyclic) bond motifs is 1. The molecule has 3 aromatic carbocycles. The summed E-state index contributed by atoms with van der Waals surface area (Å²) >= 11 is 0. The minimum absolute atomic E-state index is 0.789. The van der Waals surface area contributed by atoms with Crippen molar-refractivity contribution in [2.45, 2.75) is 19.5 Å². The molecule has 1 aromatic heterocycles. The first kappa shape index (κ1) is 25.3. The maximum absolute atomic E-state index is 4.94. The Kier molecular flexibility index (Phi) is 8.41. The van der Waals surface area contributed by atoms with Crippen molar-refractivity contribution < 1.29 is 0 Å². The molecule has 0 atom stereocenters. The van der Waals surface area contributed by atoms with Gasteiger partial charge < -0.3 is 10.2 Å². The molecular weight excluding hydrogens is 456 g/mol. The maximum atomic E-state index is 4.94. The van der Waals surface area contributed by atoms with E-state index in [1.165, 1.54) is 16.7 Å². The molecule has 37 heavy (non-hydrogen) atoms. The van der Waals surface area contributed by atoms with Crippen LogP contribution in [0.3, 0.4) is 0 Å². The van der Waals surface area contributed by atoms with Crippen LogP contribution in [0.15, 0.2) is 78.9 Å². The van der Waals surface area contributed by atoms with Gasteiger partial charge in [-0.05, 0) is 55.9 Å². The molecule has 1 aliphatic heterocycles. The number of hydrogen-bond donors (Lipinski definition) is 1. The quantitative estimate of drug-likeness (QED) is 0.314. The molecule has 192 valence electrons. The Morgan fingerprint density at radius 3 is 2.11 bits per heavy atom. The summed E-state index contributed by atoms with van der Waals surface area (Å²) in [5, 5.41) is 4.66. The highest BCUT2D eigenvalue weighted by molar-refractivity contribution is 5.88. The number of benzene rings is 3. The van der Waals surface area contributed by atoms with E-state index >= 15 is 0 Å². The predicted molar refractivity (Wildman–Crippen MR) is 154 cm³/mol. The SMILES string of the molecule is CN(C)CCCNc1nc(CN2CCN(Cc3ccc(-c4ccccc4)cc3)CC2)nc2ccccc12. The minimum atomic E-state index is 0.789. The van der Waals surface area contributed by atoms with Gasteiger partial charge in [0.1, 0.15) is 11.6 Å². The van der Waals surface area contributed by atoms with E-state index in [1.807, 2.05) is 0 Å². The summed E-state index contributed by atoms with van der Waals surface area (Å²) in [4.78, 5) is 17.1. The lowest BCUT2D eigenvalue weighted by Gasteiger charge is -2.34. The van der Waals surface area contributed by atoms with Crippen LogP contribution >= 0.6 is 0 Å². The highest BCUT2D eigenvalue weighted by Gasteiger charge is 2.19. The third-order valence-electron chi connectivity index (χ3n) is 7.02. The van der Waals surface area contributed by atoms with Gasteiger partial charge in [0, 0.05) is 44.7 Å². The van der Waals surface area contributed by atoms with E-state index < -0.39 is 0 Å². The fourth-order valence-electron chi connectivity index (χ4n) is 4.93. The Bertz CT molecular complexity index is 1260. The van der Waals surface area contributed by atoms with E-state index in [1.54, 1.807) is 0 Å². The molecule has 0 saturated carbocycles. The molecule has 0 unspecified atom stereocenters. The second kappa shape index (κ2) is 12.3. The fourth-order valence-corrected chi connectivity index (χ4v) is 4.93. The number of para-hydroxylation sites is 1. The molecule has 1 fully saturated rings. The molecule has 0 spiro atoms. The van der Waals surface area contributed by atoms with Gasteiger partial charge in [-0.25, -0.2) is 9.97 Å².